The summed E-state index contributed by atoms with van der Waals surface area (Å²) in [4.78, 5) is 6.31. The molecule has 0 unspecified atom stereocenters. The zero-order chi connectivity index (χ0) is 22.0. The summed E-state index contributed by atoms with van der Waals surface area (Å²) in [7, 11) is -2.38. The summed E-state index contributed by atoms with van der Waals surface area (Å²) < 4.78 is 59.0. The minimum Gasteiger partial charge on any atom is -0.497 e. The van der Waals surface area contributed by atoms with E-state index in [9.17, 15) is 17.2 Å². The van der Waals surface area contributed by atoms with Crippen LogP contribution >= 0.6 is 11.3 Å². The molecule has 1 saturated heterocycles. The lowest BCUT2D eigenvalue weighted by atomic mass is 10.2. The van der Waals surface area contributed by atoms with E-state index in [0.29, 0.717) is 25.7 Å². The topological polar surface area (TPSA) is 62.7 Å². The van der Waals surface area contributed by atoms with Gasteiger partial charge in [-0.2, -0.15) is 4.31 Å². The molecule has 0 radical (unpaired) electrons. The quantitative estimate of drug-likeness (QED) is 0.557. The van der Waals surface area contributed by atoms with E-state index in [1.807, 2.05) is 29.6 Å². The summed E-state index contributed by atoms with van der Waals surface area (Å²) in [5.74, 6) is -1.12. The Balaban J connectivity index is 1.39. The minimum absolute atomic E-state index is 0.229. The number of nitrogens with zero attached hydrogens (tertiary/aromatic N) is 3. The number of piperazine rings is 1. The third-order valence-corrected chi connectivity index (χ3v) is 7.88. The van der Waals surface area contributed by atoms with E-state index in [1.54, 1.807) is 18.4 Å². The number of aromatic nitrogens is 1. The molecule has 1 fully saturated rings. The van der Waals surface area contributed by atoms with Crippen LogP contribution < -0.4 is 4.74 Å². The average molecular weight is 466 g/mol. The van der Waals surface area contributed by atoms with Crippen LogP contribution in [0.1, 0.15) is 5.01 Å². The summed E-state index contributed by atoms with van der Waals surface area (Å²) in [6.07, 6.45) is 0. The van der Waals surface area contributed by atoms with Crippen molar-refractivity contribution in [1.82, 2.24) is 14.2 Å². The zero-order valence-corrected chi connectivity index (χ0v) is 18.4. The van der Waals surface area contributed by atoms with Crippen LogP contribution in [0, 0.1) is 11.6 Å². The van der Waals surface area contributed by atoms with Crippen molar-refractivity contribution in [2.45, 2.75) is 11.4 Å². The summed E-state index contributed by atoms with van der Waals surface area (Å²) >= 11 is 1.55. The molecule has 0 saturated carbocycles. The molecule has 3 aromatic rings. The lowest BCUT2D eigenvalue weighted by molar-refractivity contribution is 0.181. The monoisotopic (exact) mass is 465 g/mol. The highest BCUT2D eigenvalue weighted by Crippen LogP contribution is 2.27. The van der Waals surface area contributed by atoms with Crippen molar-refractivity contribution in [2.75, 3.05) is 33.3 Å². The highest BCUT2D eigenvalue weighted by Gasteiger charge is 2.31. The van der Waals surface area contributed by atoms with Gasteiger partial charge in [-0.25, -0.2) is 22.2 Å². The fourth-order valence-electron chi connectivity index (χ4n) is 3.44. The first-order valence-electron chi connectivity index (χ1n) is 9.63. The molecule has 4 rings (SSSR count). The highest BCUT2D eigenvalue weighted by molar-refractivity contribution is 7.89. The van der Waals surface area contributed by atoms with Gasteiger partial charge in [0.1, 0.15) is 27.3 Å². The molecule has 0 atom stereocenters. The lowest BCUT2D eigenvalue weighted by Gasteiger charge is -2.33. The molecule has 0 amide bonds. The molecular weight excluding hydrogens is 444 g/mol. The predicted molar refractivity (Wildman–Crippen MR) is 114 cm³/mol. The number of halogens is 2. The minimum atomic E-state index is -4.00. The van der Waals surface area contributed by atoms with Crippen LogP contribution in [0.4, 0.5) is 8.78 Å². The SMILES string of the molecule is COc1cccc(-c2csc(CN3CCN(S(=O)(=O)c4ccc(F)cc4F)CC3)n2)c1. The van der Waals surface area contributed by atoms with Gasteiger partial charge in [0.25, 0.3) is 0 Å². The number of rotatable bonds is 6. The molecule has 164 valence electrons. The number of sulfonamides is 1. The Morgan fingerprint density at radius 2 is 1.87 bits per heavy atom. The van der Waals surface area contributed by atoms with Crippen LogP contribution in [0.15, 0.2) is 52.7 Å². The molecule has 0 spiro atoms. The third kappa shape index (κ3) is 4.77. The Kier molecular flexibility index (Phi) is 6.33. The van der Waals surface area contributed by atoms with Gasteiger partial charge in [0.15, 0.2) is 0 Å². The fraction of sp³-hybridized carbons (Fsp3) is 0.286. The molecule has 31 heavy (non-hydrogen) atoms. The fourth-order valence-corrected chi connectivity index (χ4v) is 5.75. The molecule has 1 aromatic heterocycles. The van der Waals surface area contributed by atoms with E-state index in [0.717, 1.165) is 34.1 Å². The van der Waals surface area contributed by atoms with Gasteiger partial charge >= 0.3 is 0 Å². The Bertz CT molecular complexity index is 1180. The van der Waals surface area contributed by atoms with Crippen LogP contribution in [-0.4, -0.2) is 55.9 Å². The van der Waals surface area contributed by atoms with Crippen molar-refractivity contribution < 1.29 is 21.9 Å². The first kappa shape index (κ1) is 21.8. The Morgan fingerprint density at radius 3 is 2.58 bits per heavy atom. The molecule has 10 heteroatoms. The van der Waals surface area contributed by atoms with Gasteiger partial charge in [-0.05, 0) is 24.3 Å². The van der Waals surface area contributed by atoms with Gasteiger partial charge in [0, 0.05) is 43.2 Å². The first-order chi connectivity index (χ1) is 14.9. The molecule has 1 aliphatic heterocycles. The molecule has 1 aliphatic rings. The number of thiazole rings is 1. The summed E-state index contributed by atoms with van der Waals surface area (Å²) in [5, 5.41) is 2.92. The van der Waals surface area contributed by atoms with Gasteiger partial charge in [-0.15, -0.1) is 11.3 Å². The molecular formula is C21H21F2N3O3S2. The largest absolute Gasteiger partial charge is 0.497 e. The van der Waals surface area contributed by atoms with Crippen molar-refractivity contribution >= 4 is 21.4 Å². The first-order valence-corrected chi connectivity index (χ1v) is 11.9. The van der Waals surface area contributed by atoms with E-state index in [2.05, 4.69) is 9.88 Å². The zero-order valence-electron chi connectivity index (χ0n) is 16.8. The maximum atomic E-state index is 14.0. The normalized spacial score (nSPS) is 15.8. The molecule has 6 nitrogen and oxygen atoms in total. The number of methoxy groups -OCH3 is 1. The Hall–Kier alpha value is -2.40. The molecule has 2 aromatic carbocycles. The van der Waals surface area contributed by atoms with Crippen LogP contribution in [0.5, 0.6) is 5.75 Å². The van der Waals surface area contributed by atoms with Crippen LogP contribution in [0.25, 0.3) is 11.3 Å². The van der Waals surface area contributed by atoms with E-state index in [-0.39, 0.29) is 13.1 Å². The second kappa shape index (κ2) is 8.99. The van der Waals surface area contributed by atoms with Gasteiger partial charge in [-0.1, -0.05) is 12.1 Å². The number of benzene rings is 2. The third-order valence-electron chi connectivity index (χ3n) is 5.12. The number of hydrogen-bond donors (Lipinski definition) is 0. The van der Waals surface area contributed by atoms with Crippen molar-refractivity contribution in [3.63, 3.8) is 0 Å². The van der Waals surface area contributed by atoms with Crippen LogP contribution in [0.3, 0.4) is 0 Å². The van der Waals surface area contributed by atoms with Crippen LogP contribution in [-0.2, 0) is 16.6 Å². The predicted octanol–water partition coefficient (Wildman–Crippen LogP) is 3.60. The van der Waals surface area contributed by atoms with Gasteiger partial charge in [0.2, 0.25) is 10.0 Å². The van der Waals surface area contributed by atoms with E-state index >= 15 is 0 Å². The van der Waals surface area contributed by atoms with Gasteiger partial charge in [-0.3, -0.25) is 4.90 Å². The highest BCUT2D eigenvalue weighted by atomic mass is 32.2. The van der Waals surface area contributed by atoms with E-state index in [1.165, 1.54) is 4.31 Å². The number of ether oxygens (including phenoxy) is 1. The Morgan fingerprint density at radius 1 is 1.10 bits per heavy atom. The van der Waals surface area contributed by atoms with Gasteiger partial charge in [0.05, 0.1) is 19.3 Å². The van der Waals surface area contributed by atoms with Crippen molar-refractivity contribution in [3.8, 4) is 17.0 Å². The van der Waals surface area contributed by atoms with E-state index < -0.39 is 26.6 Å². The van der Waals surface area contributed by atoms with E-state index in [4.69, 9.17) is 4.74 Å². The molecule has 0 bridgehead atoms. The molecule has 0 N–H and O–H groups in total. The van der Waals surface area contributed by atoms with Crippen molar-refractivity contribution in [2.24, 2.45) is 0 Å². The van der Waals surface area contributed by atoms with Crippen molar-refractivity contribution in [1.29, 1.82) is 0 Å². The number of hydrogen-bond acceptors (Lipinski definition) is 6. The molecule has 0 aliphatic carbocycles. The molecule has 2 heterocycles. The van der Waals surface area contributed by atoms with Crippen molar-refractivity contribution in [3.05, 3.63) is 64.5 Å². The standard InChI is InChI=1S/C21H21F2N3O3S2/c1-29-17-4-2-3-15(11-17)19-14-30-21(24-19)13-25-7-9-26(10-8-25)31(27,28)20-6-5-16(22)12-18(20)23/h2-6,11-12,14H,7-10,13H2,1H3. The summed E-state index contributed by atoms with van der Waals surface area (Å²) in [5.41, 5.74) is 1.84. The second-order valence-electron chi connectivity index (χ2n) is 7.11. The smallest absolute Gasteiger partial charge is 0.246 e. The maximum Gasteiger partial charge on any atom is 0.246 e. The van der Waals surface area contributed by atoms with Crippen LogP contribution in [0.2, 0.25) is 0 Å². The summed E-state index contributed by atoms with van der Waals surface area (Å²) in [6, 6.07) is 10.2. The Labute approximate surface area is 183 Å². The average Bonchev–Trinajstić information content (AvgIpc) is 3.22. The second-order valence-corrected chi connectivity index (χ2v) is 9.96. The lowest BCUT2D eigenvalue weighted by Crippen LogP contribution is -2.48. The summed E-state index contributed by atoms with van der Waals surface area (Å²) in [6.45, 7) is 2.06. The van der Waals surface area contributed by atoms with Gasteiger partial charge < -0.3 is 4.74 Å². The maximum absolute atomic E-state index is 14.0.